The van der Waals surface area contributed by atoms with E-state index in [9.17, 15) is 9.59 Å². The van der Waals surface area contributed by atoms with Crippen LogP contribution in [0.5, 0.6) is 0 Å². The van der Waals surface area contributed by atoms with Crippen LogP contribution in [0.2, 0.25) is 0 Å². The highest BCUT2D eigenvalue weighted by molar-refractivity contribution is 5.77. The Kier molecular flexibility index (Phi) is 9.06. The molecule has 0 aromatic heterocycles. The number of nitrogens with one attached hydrogen (secondary N) is 1. The van der Waals surface area contributed by atoms with Crippen LogP contribution in [-0.4, -0.2) is 55.7 Å². The first-order valence-corrected chi connectivity index (χ1v) is 5.98. The Morgan fingerprint density at radius 3 is 2.53 bits per heavy atom. The summed E-state index contributed by atoms with van der Waals surface area (Å²) >= 11 is 0. The van der Waals surface area contributed by atoms with Crippen molar-refractivity contribution in [3.05, 3.63) is 0 Å². The van der Waals surface area contributed by atoms with Crippen LogP contribution in [0.25, 0.3) is 0 Å². The topological polar surface area (TPSA) is 111 Å². The Balaban J connectivity index is 3.50. The van der Waals surface area contributed by atoms with Crippen molar-refractivity contribution in [3.63, 3.8) is 0 Å². The second kappa shape index (κ2) is 9.68. The molecular formula is C11H23N2O6+. The molecule has 0 saturated heterocycles. The maximum atomic E-state index is 11.2. The normalized spacial score (nSPS) is 11.2. The van der Waals surface area contributed by atoms with E-state index in [4.69, 9.17) is 19.4 Å². The van der Waals surface area contributed by atoms with Crippen molar-refractivity contribution in [2.45, 2.75) is 26.4 Å². The molecule has 0 unspecified atom stereocenters. The fraction of sp³-hybridized carbons (Fsp3) is 0.818. The van der Waals surface area contributed by atoms with Crippen molar-refractivity contribution in [3.8, 4) is 0 Å². The zero-order valence-electron chi connectivity index (χ0n) is 11.6. The Labute approximate surface area is 112 Å². The molecule has 0 saturated carbocycles. The van der Waals surface area contributed by atoms with E-state index >= 15 is 0 Å². The van der Waals surface area contributed by atoms with Gasteiger partial charge in [0.1, 0.15) is 5.60 Å². The van der Waals surface area contributed by atoms with Crippen molar-refractivity contribution < 1.29 is 34.5 Å². The van der Waals surface area contributed by atoms with Gasteiger partial charge in [0.15, 0.2) is 6.61 Å². The van der Waals surface area contributed by atoms with Gasteiger partial charge in [0, 0.05) is 6.54 Å². The predicted octanol–water partition coefficient (Wildman–Crippen LogP) is -1.46. The zero-order valence-corrected chi connectivity index (χ0v) is 11.6. The molecule has 19 heavy (non-hydrogen) atoms. The third-order valence-corrected chi connectivity index (χ3v) is 1.60. The molecule has 0 aromatic rings. The minimum absolute atomic E-state index is 0.0537. The highest BCUT2D eigenvalue weighted by atomic mass is 16.7. The number of rotatable bonds is 8. The molecule has 0 aliphatic rings. The number of aliphatic hydroxyl groups excluding tert-OH is 1. The van der Waals surface area contributed by atoms with E-state index < -0.39 is 11.7 Å². The fourth-order valence-electron chi connectivity index (χ4n) is 0.991. The molecule has 0 aliphatic heterocycles. The molecule has 0 aromatic carbocycles. The summed E-state index contributed by atoms with van der Waals surface area (Å²) < 4.78 is 9.89. The van der Waals surface area contributed by atoms with Gasteiger partial charge in [-0.2, -0.15) is 9.63 Å². The summed E-state index contributed by atoms with van der Waals surface area (Å²) in [5.41, 5.74) is 0.274. The van der Waals surface area contributed by atoms with Crippen LogP contribution in [0.4, 0.5) is 4.79 Å². The maximum absolute atomic E-state index is 11.2. The Morgan fingerprint density at radius 1 is 1.26 bits per heavy atom. The number of ether oxygens (including phenoxy) is 2. The first kappa shape index (κ1) is 17.8. The second-order valence-electron chi connectivity index (χ2n) is 4.65. The van der Waals surface area contributed by atoms with Gasteiger partial charge in [-0.25, -0.2) is 0 Å². The molecule has 0 atom stereocenters. The lowest BCUT2D eigenvalue weighted by Crippen LogP contribution is -2.88. The summed E-state index contributed by atoms with van der Waals surface area (Å²) in [4.78, 5) is 27.2. The molecule has 0 rings (SSSR count). The lowest BCUT2D eigenvalue weighted by molar-refractivity contribution is -0.827. The lowest BCUT2D eigenvalue weighted by Gasteiger charge is -2.16. The van der Waals surface area contributed by atoms with Crippen molar-refractivity contribution >= 4 is 12.0 Å². The standard InChI is InChI=1S/C11H22N2O6/c1-11(2,3)19-10(16)13-18-8-9(15)12-4-6-17-7-5-14/h14H,4-8H2,1-3H3,(H,12,15)(H,13,16)/p+1. The van der Waals surface area contributed by atoms with Gasteiger partial charge in [0.05, 0.1) is 19.8 Å². The molecule has 8 nitrogen and oxygen atoms in total. The predicted molar refractivity (Wildman–Crippen MR) is 65.0 cm³/mol. The molecule has 112 valence electrons. The minimum Gasteiger partial charge on any atom is -0.412 e. The summed E-state index contributed by atoms with van der Waals surface area (Å²) in [6.45, 7) is 5.74. The zero-order chi connectivity index (χ0) is 14.7. The molecule has 0 aliphatic carbocycles. The number of hydrogen-bond acceptors (Lipinski definition) is 6. The molecular weight excluding hydrogens is 256 g/mol. The van der Waals surface area contributed by atoms with Crippen molar-refractivity contribution in [1.29, 1.82) is 0 Å². The largest absolute Gasteiger partial charge is 0.546 e. The van der Waals surface area contributed by atoms with E-state index in [0.717, 1.165) is 5.48 Å². The van der Waals surface area contributed by atoms with Crippen molar-refractivity contribution in [1.82, 2.24) is 5.32 Å². The van der Waals surface area contributed by atoms with E-state index in [2.05, 4.69) is 5.32 Å². The maximum Gasteiger partial charge on any atom is 0.546 e. The van der Waals surface area contributed by atoms with Crippen LogP contribution in [0.15, 0.2) is 0 Å². The summed E-state index contributed by atoms with van der Waals surface area (Å²) in [7, 11) is 0. The molecule has 8 heteroatoms. The number of hydroxylamine groups is 1. The molecule has 4 N–H and O–H groups in total. The first-order valence-electron chi connectivity index (χ1n) is 5.98. The van der Waals surface area contributed by atoms with Crippen LogP contribution < -0.4 is 10.8 Å². The Hall–Kier alpha value is -1.22. The Bertz CT molecular complexity index is 277. The van der Waals surface area contributed by atoms with Gasteiger partial charge < -0.3 is 19.9 Å². The number of carbonyl (C=O) groups excluding carboxylic acids is 2. The average molecular weight is 279 g/mol. The van der Waals surface area contributed by atoms with E-state index in [1.54, 1.807) is 20.8 Å². The highest BCUT2D eigenvalue weighted by Gasteiger charge is 2.20. The number of quaternary nitrogens is 1. The van der Waals surface area contributed by atoms with Crippen LogP contribution in [0.3, 0.4) is 0 Å². The summed E-state index contributed by atoms with van der Waals surface area (Å²) in [5, 5.41) is 11.0. The summed E-state index contributed by atoms with van der Waals surface area (Å²) in [6, 6.07) is 0. The highest BCUT2D eigenvalue weighted by Crippen LogP contribution is 2.04. The monoisotopic (exact) mass is 279 g/mol. The molecule has 0 radical (unpaired) electrons. The third-order valence-electron chi connectivity index (χ3n) is 1.60. The van der Waals surface area contributed by atoms with E-state index in [-0.39, 0.29) is 25.7 Å². The number of nitrogens with two attached hydrogens (primary N) is 1. The third kappa shape index (κ3) is 13.0. The number of aliphatic hydroxyl groups is 1. The molecule has 0 spiro atoms. The van der Waals surface area contributed by atoms with Crippen LogP contribution in [0, 0.1) is 0 Å². The number of carbonyl (C=O) groups is 2. The molecule has 2 amide bonds. The van der Waals surface area contributed by atoms with Gasteiger partial charge in [-0.3, -0.25) is 4.79 Å². The van der Waals surface area contributed by atoms with Gasteiger partial charge in [0.25, 0.3) is 5.91 Å². The smallest absolute Gasteiger partial charge is 0.412 e. The number of primary amides is 1. The van der Waals surface area contributed by atoms with Gasteiger partial charge in [0.2, 0.25) is 0 Å². The fourth-order valence-corrected chi connectivity index (χ4v) is 0.991. The molecule has 0 bridgehead atoms. The van der Waals surface area contributed by atoms with Gasteiger partial charge in [-0.1, -0.05) is 0 Å². The lowest BCUT2D eigenvalue weighted by atomic mass is 10.2. The second-order valence-corrected chi connectivity index (χ2v) is 4.65. The quantitative estimate of drug-likeness (QED) is 0.370. The van der Waals surface area contributed by atoms with Gasteiger partial charge in [-0.15, -0.1) is 5.48 Å². The van der Waals surface area contributed by atoms with Gasteiger partial charge in [-0.05, 0) is 20.8 Å². The number of hydrogen-bond donors (Lipinski definition) is 3. The number of amides is 2. The van der Waals surface area contributed by atoms with Crippen LogP contribution in [-0.2, 0) is 19.1 Å². The Morgan fingerprint density at radius 2 is 1.95 bits per heavy atom. The van der Waals surface area contributed by atoms with E-state index in [1.807, 2.05) is 0 Å². The van der Waals surface area contributed by atoms with Crippen molar-refractivity contribution in [2.75, 3.05) is 33.0 Å². The van der Waals surface area contributed by atoms with Crippen LogP contribution >= 0.6 is 0 Å². The van der Waals surface area contributed by atoms with E-state index in [1.165, 1.54) is 0 Å². The first-order chi connectivity index (χ1) is 8.85. The molecule has 0 heterocycles. The summed E-state index contributed by atoms with van der Waals surface area (Å²) in [5.74, 6) is -0.368. The van der Waals surface area contributed by atoms with E-state index in [0.29, 0.717) is 13.2 Å². The minimum atomic E-state index is -0.633. The SMILES string of the molecule is CC(C)(C)OC(=O)[NH2+]OCC(=O)NCCOCCO. The van der Waals surface area contributed by atoms with Crippen molar-refractivity contribution in [2.24, 2.45) is 0 Å². The summed E-state index contributed by atoms with van der Waals surface area (Å²) in [6.07, 6.45) is -0.633. The van der Waals surface area contributed by atoms with Crippen LogP contribution in [0.1, 0.15) is 20.8 Å². The molecule has 0 fully saturated rings. The average Bonchev–Trinajstić information content (AvgIpc) is 2.26. The van der Waals surface area contributed by atoms with Gasteiger partial charge >= 0.3 is 6.09 Å².